The highest BCUT2D eigenvalue weighted by molar-refractivity contribution is 6.21. The number of imide groups is 1. The average Bonchev–Trinajstić information content (AvgIpc) is 3.01. The Hall–Kier alpha value is -3.15. The molecule has 4 rings (SSSR count). The highest BCUT2D eigenvalue weighted by Crippen LogP contribution is 2.23. The smallest absolute Gasteiger partial charge is 0.261 e. The van der Waals surface area contributed by atoms with E-state index >= 15 is 0 Å². The lowest BCUT2D eigenvalue weighted by atomic mass is 9.98. The van der Waals surface area contributed by atoms with E-state index < -0.39 is 0 Å². The zero-order valence-electron chi connectivity index (χ0n) is 16.3. The monoisotopic (exact) mass is 392 g/mol. The maximum absolute atomic E-state index is 12.7. The first kappa shape index (κ1) is 19.2. The maximum atomic E-state index is 12.7. The summed E-state index contributed by atoms with van der Waals surface area (Å²) in [6.45, 7) is 2.05. The van der Waals surface area contributed by atoms with Crippen LogP contribution in [0.25, 0.3) is 0 Å². The largest absolute Gasteiger partial charge is 0.493 e. The third kappa shape index (κ3) is 4.16. The molecule has 0 spiro atoms. The molecule has 1 fully saturated rings. The van der Waals surface area contributed by atoms with Crippen molar-refractivity contribution in [2.24, 2.45) is 5.92 Å². The number of para-hydroxylation sites is 1. The number of carbonyl (C=O) groups is 3. The molecule has 2 aromatic carbocycles. The first-order chi connectivity index (χ1) is 14.1. The van der Waals surface area contributed by atoms with E-state index in [2.05, 4.69) is 0 Å². The number of piperidine rings is 1. The average molecular weight is 392 g/mol. The molecule has 1 atom stereocenters. The van der Waals surface area contributed by atoms with Gasteiger partial charge in [-0.1, -0.05) is 30.3 Å². The molecule has 2 aromatic rings. The van der Waals surface area contributed by atoms with E-state index in [9.17, 15) is 14.4 Å². The minimum absolute atomic E-state index is 0.0223. The van der Waals surface area contributed by atoms with E-state index in [0.717, 1.165) is 18.6 Å². The second-order valence-electron chi connectivity index (χ2n) is 7.53. The van der Waals surface area contributed by atoms with E-state index in [1.165, 1.54) is 4.90 Å². The lowest BCUT2D eigenvalue weighted by Gasteiger charge is -2.33. The number of fused-ring (bicyclic) bond motifs is 1. The van der Waals surface area contributed by atoms with E-state index in [-0.39, 0.29) is 36.6 Å². The predicted molar refractivity (Wildman–Crippen MR) is 108 cm³/mol. The van der Waals surface area contributed by atoms with Crippen molar-refractivity contribution in [3.63, 3.8) is 0 Å². The third-order valence-electron chi connectivity index (χ3n) is 5.53. The molecule has 2 heterocycles. The molecule has 0 bridgehead atoms. The summed E-state index contributed by atoms with van der Waals surface area (Å²) in [6.07, 6.45) is 2.11. The molecule has 6 nitrogen and oxygen atoms in total. The molecule has 0 N–H and O–H groups in total. The number of carbonyl (C=O) groups excluding carboxylic acids is 3. The molecule has 6 heteroatoms. The van der Waals surface area contributed by atoms with Gasteiger partial charge in [-0.25, -0.2) is 0 Å². The Morgan fingerprint density at radius 3 is 2.31 bits per heavy atom. The third-order valence-corrected chi connectivity index (χ3v) is 5.53. The molecule has 0 aliphatic carbocycles. The number of nitrogens with zero attached hydrogens (tertiary/aromatic N) is 2. The molecule has 2 aliphatic rings. The second-order valence-corrected chi connectivity index (χ2v) is 7.53. The number of benzene rings is 2. The summed E-state index contributed by atoms with van der Waals surface area (Å²) in [5.41, 5.74) is 0.835. The highest BCUT2D eigenvalue weighted by atomic mass is 16.5. The van der Waals surface area contributed by atoms with Gasteiger partial charge in [-0.05, 0) is 37.1 Å². The van der Waals surface area contributed by atoms with Gasteiger partial charge in [-0.3, -0.25) is 19.3 Å². The van der Waals surface area contributed by atoms with Crippen molar-refractivity contribution in [1.82, 2.24) is 9.80 Å². The SMILES string of the molecule is O=C(CCN1C(=O)c2ccccc2C1=O)N1CCCC(COc2ccccc2)C1. The van der Waals surface area contributed by atoms with Gasteiger partial charge in [0.25, 0.3) is 11.8 Å². The van der Waals surface area contributed by atoms with Gasteiger partial charge in [-0.2, -0.15) is 0 Å². The first-order valence-electron chi connectivity index (χ1n) is 10.0. The molecule has 0 radical (unpaired) electrons. The van der Waals surface area contributed by atoms with Crippen molar-refractivity contribution < 1.29 is 19.1 Å². The summed E-state index contributed by atoms with van der Waals surface area (Å²) < 4.78 is 5.84. The van der Waals surface area contributed by atoms with E-state index in [1.54, 1.807) is 24.3 Å². The van der Waals surface area contributed by atoms with Crippen molar-refractivity contribution >= 4 is 17.7 Å². The topological polar surface area (TPSA) is 66.9 Å². The van der Waals surface area contributed by atoms with Crippen LogP contribution in [0.1, 0.15) is 40.0 Å². The van der Waals surface area contributed by atoms with Crippen LogP contribution in [0.2, 0.25) is 0 Å². The number of hydrogen-bond acceptors (Lipinski definition) is 4. The zero-order chi connectivity index (χ0) is 20.2. The molecule has 150 valence electrons. The van der Waals surface area contributed by atoms with Crippen molar-refractivity contribution in [3.05, 3.63) is 65.7 Å². The van der Waals surface area contributed by atoms with Crippen molar-refractivity contribution in [1.29, 1.82) is 0 Å². The summed E-state index contributed by atoms with van der Waals surface area (Å²) in [5, 5.41) is 0. The normalized spacial score (nSPS) is 18.7. The number of ether oxygens (including phenoxy) is 1. The van der Waals surface area contributed by atoms with Gasteiger partial charge in [-0.15, -0.1) is 0 Å². The van der Waals surface area contributed by atoms with Gasteiger partial charge in [0.15, 0.2) is 0 Å². The van der Waals surface area contributed by atoms with E-state index in [4.69, 9.17) is 4.74 Å². The first-order valence-corrected chi connectivity index (χ1v) is 10.0. The standard InChI is InChI=1S/C23H24N2O4/c26-21(12-14-25-22(27)19-10-4-5-11-20(19)23(25)28)24-13-6-7-17(15-24)16-29-18-8-2-1-3-9-18/h1-5,8-11,17H,6-7,12-16H2. The summed E-state index contributed by atoms with van der Waals surface area (Å²) in [6, 6.07) is 16.5. The second kappa shape index (κ2) is 8.47. The van der Waals surface area contributed by atoms with Crippen LogP contribution < -0.4 is 4.74 Å². The van der Waals surface area contributed by atoms with Gasteiger partial charge in [0.05, 0.1) is 17.7 Å². The Bertz CT molecular complexity index is 877. The Balaban J connectivity index is 1.29. The van der Waals surface area contributed by atoms with Crippen LogP contribution in [-0.4, -0.2) is 53.8 Å². The van der Waals surface area contributed by atoms with Crippen LogP contribution in [-0.2, 0) is 4.79 Å². The lowest BCUT2D eigenvalue weighted by Crippen LogP contribution is -2.43. The van der Waals surface area contributed by atoms with Crippen molar-refractivity contribution in [2.75, 3.05) is 26.2 Å². The fourth-order valence-electron chi connectivity index (χ4n) is 3.97. The minimum Gasteiger partial charge on any atom is -0.493 e. The Labute approximate surface area is 170 Å². The molecule has 3 amide bonds. The fraction of sp³-hybridized carbons (Fsp3) is 0.348. The molecule has 2 aliphatic heterocycles. The quantitative estimate of drug-likeness (QED) is 0.709. The molecule has 0 saturated carbocycles. The number of rotatable bonds is 6. The van der Waals surface area contributed by atoms with Crippen molar-refractivity contribution in [3.8, 4) is 5.75 Å². The van der Waals surface area contributed by atoms with Crippen LogP contribution in [0.15, 0.2) is 54.6 Å². The summed E-state index contributed by atoms with van der Waals surface area (Å²) in [5.74, 6) is 0.470. The zero-order valence-corrected chi connectivity index (χ0v) is 16.3. The lowest BCUT2D eigenvalue weighted by molar-refractivity contribution is -0.133. The molecule has 29 heavy (non-hydrogen) atoms. The Morgan fingerprint density at radius 2 is 1.62 bits per heavy atom. The van der Waals surface area contributed by atoms with Gasteiger partial charge in [0.1, 0.15) is 5.75 Å². The Kier molecular flexibility index (Phi) is 5.60. The summed E-state index contributed by atoms with van der Waals surface area (Å²) >= 11 is 0. The molecular formula is C23H24N2O4. The number of amides is 3. The van der Waals surface area contributed by atoms with Crippen LogP contribution in [0.3, 0.4) is 0 Å². The maximum Gasteiger partial charge on any atom is 0.261 e. The molecular weight excluding hydrogens is 368 g/mol. The minimum atomic E-state index is -0.314. The number of likely N-dealkylation sites (tertiary alicyclic amines) is 1. The van der Waals surface area contributed by atoms with Gasteiger partial charge >= 0.3 is 0 Å². The summed E-state index contributed by atoms with van der Waals surface area (Å²) in [4.78, 5) is 40.6. The van der Waals surface area contributed by atoms with E-state index in [0.29, 0.717) is 30.8 Å². The van der Waals surface area contributed by atoms with Crippen molar-refractivity contribution in [2.45, 2.75) is 19.3 Å². The van der Waals surface area contributed by atoms with Crippen LogP contribution in [0.5, 0.6) is 5.75 Å². The van der Waals surface area contributed by atoms with Gasteiger partial charge < -0.3 is 9.64 Å². The van der Waals surface area contributed by atoms with Crippen LogP contribution >= 0.6 is 0 Å². The number of hydrogen-bond donors (Lipinski definition) is 0. The highest BCUT2D eigenvalue weighted by Gasteiger charge is 2.35. The van der Waals surface area contributed by atoms with Crippen LogP contribution in [0, 0.1) is 5.92 Å². The van der Waals surface area contributed by atoms with Gasteiger partial charge in [0.2, 0.25) is 5.91 Å². The molecule has 1 unspecified atom stereocenters. The van der Waals surface area contributed by atoms with Crippen LogP contribution in [0.4, 0.5) is 0 Å². The predicted octanol–water partition coefficient (Wildman–Crippen LogP) is 2.99. The molecule has 0 aromatic heterocycles. The summed E-state index contributed by atoms with van der Waals surface area (Å²) in [7, 11) is 0. The Morgan fingerprint density at radius 1 is 0.966 bits per heavy atom. The molecule has 1 saturated heterocycles. The van der Waals surface area contributed by atoms with E-state index in [1.807, 2.05) is 35.2 Å². The van der Waals surface area contributed by atoms with Gasteiger partial charge in [0, 0.05) is 32.0 Å². The fourth-order valence-corrected chi connectivity index (χ4v) is 3.97.